The summed E-state index contributed by atoms with van der Waals surface area (Å²) in [6.45, 7) is 1.63. The lowest BCUT2D eigenvalue weighted by Gasteiger charge is -2.04. The summed E-state index contributed by atoms with van der Waals surface area (Å²) in [5.74, 6) is -1.90. The molecule has 1 aromatic rings. The highest BCUT2D eigenvalue weighted by atomic mass is 35.5. The Labute approximate surface area is 124 Å². The highest BCUT2D eigenvalue weighted by Crippen LogP contribution is 2.08. The van der Waals surface area contributed by atoms with Gasteiger partial charge in [0.25, 0.3) is 0 Å². The van der Waals surface area contributed by atoms with Crippen LogP contribution >= 0.6 is 0 Å². The predicted molar refractivity (Wildman–Crippen MR) is 70.8 cm³/mol. The molecule has 1 atom stereocenters. The minimum absolute atomic E-state index is 0. The minimum Gasteiger partial charge on any atom is -1.00 e. The van der Waals surface area contributed by atoms with Crippen LogP contribution in [0.25, 0.3) is 0 Å². The number of carboxylic acids is 1. The number of aliphatic carboxylic acids is 1. The van der Waals surface area contributed by atoms with Crippen molar-refractivity contribution in [3.05, 3.63) is 35.4 Å². The van der Waals surface area contributed by atoms with Gasteiger partial charge in [-0.05, 0) is 5.56 Å². The Hall–Kier alpha value is -1.72. The van der Waals surface area contributed by atoms with Gasteiger partial charge in [-0.3, -0.25) is 9.59 Å². The molecule has 20 heavy (non-hydrogen) atoms. The van der Waals surface area contributed by atoms with Crippen LogP contribution in [-0.2, 0) is 16.0 Å². The van der Waals surface area contributed by atoms with E-state index in [2.05, 4.69) is 5.73 Å². The Morgan fingerprint density at radius 1 is 1.20 bits per heavy atom. The molecule has 0 saturated carbocycles. The van der Waals surface area contributed by atoms with E-state index in [0.29, 0.717) is 12.0 Å². The number of carboxylic acid groups (broad SMARTS) is 1. The summed E-state index contributed by atoms with van der Waals surface area (Å²) in [6, 6.07) is 5.66. The molecule has 112 valence electrons. The minimum atomic E-state index is -0.962. The van der Waals surface area contributed by atoms with Crippen LogP contribution < -0.4 is 18.1 Å². The van der Waals surface area contributed by atoms with Crippen molar-refractivity contribution in [3.63, 3.8) is 0 Å². The van der Waals surface area contributed by atoms with Crippen molar-refractivity contribution in [1.29, 1.82) is 0 Å². The fraction of sp³-hybridized carbons (Fsp3) is 0.357. The van der Waals surface area contributed by atoms with Gasteiger partial charge in [-0.25, -0.2) is 4.79 Å². The Morgan fingerprint density at radius 3 is 2.10 bits per heavy atom. The lowest BCUT2D eigenvalue weighted by atomic mass is 10.0. The Balaban J connectivity index is 0. The molecule has 0 amide bonds. The zero-order valence-electron chi connectivity index (χ0n) is 10.6. The maximum Gasteiger partial charge on any atom is 0.362 e. The zero-order chi connectivity index (χ0) is 13.7. The number of ketones is 2. The number of benzene rings is 1. The maximum absolute atomic E-state index is 11.6. The van der Waals surface area contributed by atoms with Gasteiger partial charge in [0, 0.05) is 18.4 Å². The molecule has 0 spiro atoms. The molecular weight excluding hydrogens is 282 g/mol. The summed E-state index contributed by atoms with van der Waals surface area (Å²) in [5.41, 5.74) is 4.62. The van der Waals surface area contributed by atoms with E-state index in [1.54, 1.807) is 31.2 Å². The standard InChI is InChI=1S/C13H15NO4.CH4.ClH/c1-2-11(15)12(16)9-5-3-8(4-6-9)7-10(14)13(17)18;;/h3-6,10H,2,7,14H2,1H3,(H,17,18);1H4;1H. The van der Waals surface area contributed by atoms with Crippen molar-refractivity contribution in [3.8, 4) is 0 Å². The first-order valence-corrected chi connectivity index (χ1v) is 5.68. The van der Waals surface area contributed by atoms with Gasteiger partial charge in [0.1, 0.15) is 0 Å². The fourth-order valence-electron chi connectivity index (χ4n) is 1.49. The number of quaternary nitrogens is 1. The van der Waals surface area contributed by atoms with Crippen LogP contribution in [0.2, 0.25) is 0 Å². The van der Waals surface area contributed by atoms with Crippen LogP contribution in [0, 0.1) is 0 Å². The summed E-state index contributed by atoms with van der Waals surface area (Å²) >= 11 is 0. The smallest absolute Gasteiger partial charge is 0.362 e. The number of Topliss-reactive ketones (excluding diaryl/α,β-unsaturated/α-hetero) is 2. The third kappa shape index (κ3) is 5.50. The van der Waals surface area contributed by atoms with Crippen molar-refractivity contribution in [1.82, 2.24) is 0 Å². The SMILES string of the molecule is C.CCC(=O)C(=O)c1ccc(CC([NH3+])C(=O)O)cc1.[Cl-]. The van der Waals surface area contributed by atoms with E-state index in [9.17, 15) is 14.4 Å². The molecule has 0 heterocycles. The van der Waals surface area contributed by atoms with Crippen LogP contribution in [0.5, 0.6) is 0 Å². The predicted octanol–water partition coefficient (Wildman–Crippen LogP) is -2.27. The molecule has 0 aromatic heterocycles. The summed E-state index contributed by atoms with van der Waals surface area (Å²) in [6.07, 6.45) is 0.478. The molecule has 0 aliphatic carbocycles. The van der Waals surface area contributed by atoms with Gasteiger partial charge in [-0.1, -0.05) is 38.6 Å². The van der Waals surface area contributed by atoms with E-state index in [4.69, 9.17) is 5.11 Å². The normalized spacial score (nSPS) is 10.7. The number of carbonyl (C=O) groups is 3. The van der Waals surface area contributed by atoms with E-state index in [1.165, 1.54) is 0 Å². The summed E-state index contributed by atoms with van der Waals surface area (Å²) in [4.78, 5) is 33.4. The molecular formula is C14H20ClNO4. The quantitative estimate of drug-likeness (QED) is 0.457. The van der Waals surface area contributed by atoms with E-state index >= 15 is 0 Å². The molecule has 0 bridgehead atoms. The second-order valence-electron chi connectivity index (χ2n) is 4.04. The molecule has 0 aliphatic rings. The molecule has 5 nitrogen and oxygen atoms in total. The van der Waals surface area contributed by atoms with Gasteiger partial charge in [-0.15, -0.1) is 0 Å². The number of carbonyl (C=O) groups excluding carboxylic acids is 2. The highest BCUT2D eigenvalue weighted by Gasteiger charge is 2.17. The summed E-state index contributed by atoms with van der Waals surface area (Å²) in [5, 5.41) is 8.73. The fourth-order valence-corrected chi connectivity index (χ4v) is 1.49. The highest BCUT2D eigenvalue weighted by molar-refractivity contribution is 6.43. The van der Waals surface area contributed by atoms with Gasteiger partial charge in [0.2, 0.25) is 11.6 Å². The molecule has 1 aromatic carbocycles. The molecule has 1 rings (SSSR count). The van der Waals surface area contributed by atoms with E-state index in [1.807, 2.05) is 0 Å². The second-order valence-corrected chi connectivity index (χ2v) is 4.04. The molecule has 0 saturated heterocycles. The average Bonchev–Trinajstić information content (AvgIpc) is 2.37. The topological polar surface area (TPSA) is 99.1 Å². The molecule has 1 unspecified atom stereocenters. The lowest BCUT2D eigenvalue weighted by Crippen LogP contribution is -3.00. The van der Waals surface area contributed by atoms with Crippen molar-refractivity contribution < 1.29 is 37.6 Å². The lowest BCUT2D eigenvalue weighted by molar-refractivity contribution is -0.407. The first-order chi connectivity index (χ1) is 8.45. The zero-order valence-corrected chi connectivity index (χ0v) is 11.3. The summed E-state index contributed by atoms with van der Waals surface area (Å²) in [7, 11) is 0. The van der Waals surface area contributed by atoms with Crippen LogP contribution in [0.1, 0.15) is 36.7 Å². The van der Waals surface area contributed by atoms with Crippen molar-refractivity contribution in [2.24, 2.45) is 0 Å². The van der Waals surface area contributed by atoms with Gasteiger partial charge < -0.3 is 23.2 Å². The van der Waals surface area contributed by atoms with Crippen molar-refractivity contribution in [2.45, 2.75) is 33.2 Å². The Kier molecular flexibility index (Phi) is 9.50. The third-order valence-corrected chi connectivity index (χ3v) is 2.62. The molecule has 0 fully saturated rings. The van der Waals surface area contributed by atoms with Gasteiger partial charge in [0.05, 0.1) is 0 Å². The average molecular weight is 302 g/mol. The van der Waals surface area contributed by atoms with Crippen molar-refractivity contribution in [2.75, 3.05) is 0 Å². The van der Waals surface area contributed by atoms with Crippen LogP contribution in [0.4, 0.5) is 0 Å². The Morgan fingerprint density at radius 2 is 1.70 bits per heavy atom. The third-order valence-electron chi connectivity index (χ3n) is 2.62. The number of halogens is 1. The molecule has 0 aliphatic heterocycles. The molecule has 0 radical (unpaired) electrons. The molecule has 4 N–H and O–H groups in total. The van der Waals surface area contributed by atoms with Gasteiger partial charge >= 0.3 is 5.97 Å². The van der Waals surface area contributed by atoms with Crippen molar-refractivity contribution >= 4 is 17.5 Å². The Bertz CT molecular complexity index is 471. The number of hydrogen-bond donors (Lipinski definition) is 2. The van der Waals surface area contributed by atoms with Gasteiger partial charge in [0.15, 0.2) is 6.04 Å². The van der Waals surface area contributed by atoms with Crippen LogP contribution in [-0.4, -0.2) is 28.7 Å². The number of rotatable bonds is 6. The second kappa shape index (κ2) is 9.23. The maximum atomic E-state index is 11.6. The molecule has 6 heteroatoms. The largest absolute Gasteiger partial charge is 1.00 e. The monoisotopic (exact) mass is 301 g/mol. The van der Waals surface area contributed by atoms with Crippen LogP contribution in [0.15, 0.2) is 24.3 Å². The van der Waals surface area contributed by atoms with E-state index in [-0.39, 0.29) is 26.3 Å². The first-order valence-electron chi connectivity index (χ1n) is 5.68. The van der Waals surface area contributed by atoms with E-state index < -0.39 is 23.6 Å². The first kappa shape index (κ1) is 20.6. The number of hydrogen-bond acceptors (Lipinski definition) is 3. The summed E-state index contributed by atoms with van der Waals surface area (Å²) < 4.78 is 0. The van der Waals surface area contributed by atoms with Gasteiger partial charge in [-0.2, -0.15) is 0 Å². The van der Waals surface area contributed by atoms with E-state index in [0.717, 1.165) is 5.56 Å². The van der Waals surface area contributed by atoms with Crippen LogP contribution in [0.3, 0.4) is 0 Å².